The van der Waals surface area contributed by atoms with Crippen LogP contribution in [0.2, 0.25) is 5.02 Å². The third kappa shape index (κ3) is 5.85. The van der Waals surface area contributed by atoms with E-state index in [2.05, 4.69) is 25.2 Å². The second kappa shape index (κ2) is 11.8. The zero-order chi connectivity index (χ0) is 25.7. The van der Waals surface area contributed by atoms with Crippen LogP contribution in [0.15, 0.2) is 24.7 Å². The summed E-state index contributed by atoms with van der Waals surface area (Å²) < 4.78 is 11.4. The van der Waals surface area contributed by atoms with Crippen LogP contribution in [0.4, 0.5) is 5.13 Å². The Labute approximate surface area is 218 Å². The Morgan fingerprint density at radius 1 is 1.33 bits per heavy atom. The highest BCUT2D eigenvalue weighted by Gasteiger charge is 2.34. The van der Waals surface area contributed by atoms with E-state index < -0.39 is 5.97 Å². The van der Waals surface area contributed by atoms with Crippen molar-refractivity contribution in [1.29, 1.82) is 0 Å². The van der Waals surface area contributed by atoms with E-state index in [0.29, 0.717) is 58.2 Å². The van der Waals surface area contributed by atoms with Crippen molar-refractivity contribution in [2.75, 3.05) is 31.2 Å². The van der Waals surface area contributed by atoms with E-state index in [-0.39, 0.29) is 24.7 Å². The molecule has 3 aromatic rings. The average Bonchev–Trinajstić information content (AvgIpc) is 3.48. The molecule has 3 aromatic heterocycles. The lowest BCUT2D eigenvalue weighted by molar-refractivity contribution is 0.0205. The van der Waals surface area contributed by atoms with Crippen LogP contribution in [0.3, 0.4) is 0 Å². The predicted octanol–water partition coefficient (Wildman–Crippen LogP) is 3.87. The molecule has 1 aliphatic heterocycles. The maximum absolute atomic E-state index is 12.8. The molecule has 1 saturated heterocycles. The number of carbonyl (C=O) groups excluding carboxylic acids is 2. The van der Waals surface area contributed by atoms with Gasteiger partial charge in [0.1, 0.15) is 22.0 Å². The van der Waals surface area contributed by atoms with Crippen molar-refractivity contribution >= 4 is 39.9 Å². The third-order valence-corrected chi connectivity index (χ3v) is 7.25. The van der Waals surface area contributed by atoms with Gasteiger partial charge in [-0.25, -0.2) is 9.78 Å². The Bertz CT molecular complexity index is 1180. The summed E-state index contributed by atoms with van der Waals surface area (Å²) >= 11 is 7.37. The topological polar surface area (TPSA) is 122 Å². The van der Waals surface area contributed by atoms with Crippen LogP contribution >= 0.6 is 22.9 Å². The summed E-state index contributed by atoms with van der Waals surface area (Å²) in [5.41, 5.74) is 2.11. The van der Waals surface area contributed by atoms with Gasteiger partial charge in [0, 0.05) is 37.8 Å². The number of nitrogens with zero attached hydrogens (tertiary/aromatic N) is 4. The molecule has 0 radical (unpaired) electrons. The highest BCUT2D eigenvalue weighted by molar-refractivity contribution is 7.17. The van der Waals surface area contributed by atoms with Gasteiger partial charge in [-0.3, -0.25) is 14.8 Å². The van der Waals surface area contributed by atoms with Crippen molar-refractivity contribution in [1.82, 2.24) is 25.3 Å². The van der Waals surface area contributed by atoms with Crippen molar-refractivity contribution in [2.24, 2.45) is 0 Å². The first kappa shape index (κ1) is 26.1. The largest absolute Gasteiger partial charge is 0.462 e. The number of H-pyrrole nitrogens is 1. The summed E-state index contributed by atoms with van der Waals surface area (Å²) in [5.74, 6) is -0.667. The van der Waals surface area contributed by atoms with Gasteiger partial charge in [0.2, 0.25) is 0 Å². The Balaban J connectivity index is 1.55. The van der Waals surface area contributed by atoms with Crippen molar-refractivity contribution in [3.05, 3.63) is 45.9 Å². The lowest BCUT2D eigenvalue weighted by atomic mass is 10.0. The molecular weight excluding hydrogens is 504 g/mol. The van der Waals surface area contributed by atoms with Crippen LogP contribution in [0.25, 0.3) is 11.4 Å². The van der Waals surface area contributed by atoms with Crippen LogP contribution in [0.1, 0.15) is 52.5 Å². The smallest absolute Gasteiger partial charge is 0.350 e. The van der Waals surface area contributed by atoms with Gasteiger partial charge in [0.25, 0.3) is 5.91 Å². The first-order valence-corrected chi connectivity index (χ1v) is 13.1. The number of aromatic amines is 1. The Hall–Kier alpha value is -3.02. The van der Waals surface area contributed by atoms with E-state index in [0.717, 1.165) is 12.1 Å². The van der Waals surface area contributed by atoms with Gasteiger partial charge in [-0.15, -0.1) is 0 Å². The van der Waals surface area contributed by atoms with Gasteiger partial charge >= 0.3 is 5.97 Å². The number of halogens is 1. The van der Waals surface area contributed by atoms with Crippen molar-refractivity contribution in [2.45, 2.75) is 45.8 Å². The molecule has 1 fully saturated rings. The van der Waals surface area contributed by atoms with Crippen LogP contribution in [-0.2, 0) is 9.47 Å². The fourth-order valence-electron chi connectivity index (χ4n) is 3.97. The minimum atomic E-state index is -0.442. The number of amides is 1. The van der Waals surface area contributed by atoms with Gasteiger partial charge in [-0.05, 0) is 32.8 Å². The summed E-state index contributed by atoms with van der Waals surface area (Å²) in [6.07, 6.45) is 5.93. The number of esters is 1. The molecule has 1 aliphatic rings. The number of rotatable bonds is 9. The van der Waals surface area contributed by atoms with Crippen molar-refractivity contribution < 1.29 is 19.1 Å². The SMILES string of the molecule is CCCO[C@H]1CN(c2nc(-c3cnccn3)c(C(=O)OCC)s2)CC[C@H]1NC(=O)c1cc(Cl)c(C)[nH]1. The van der Waals surface area contributed by atoms with Gasteiger partial charge in [-0.1, -0.05) is 29.9 Å². The Kier molecular flexibility index (Phi) is 8.55. The van der Waals surface area contributed by atoms with E-state index in [4.69, 9.17) is 26.1 Å². The summed E-state index contributed by atoms with van der Waals surface area (Å²) in [6, 6.07) is 1.44. The lowest BCUT2D eigenvalue weighted by Crippen LogP contribution is -2.55. The number of thiazole rings is 1. The molecule has 192 valence electrons. The van der Waals surface area contributed by atoms with Crippen molar-refractivity contribution in [3.63, 3.8) is 0 Å². The number of hydrogen-bond donors (Lipinski definition) is 2. The normalized spacial score (nSPS) is 17.7. The van der Waals surface area contributed by atoms with Gasteiger partial charge in [0.15, 0.2) is 5.13 Å². The summed E-state index contributed by atoms with van der Waals surface area (Å²) in [4.78, 5) is 44.2. The second-order valence-corrected chi connectivity index (χ2v) is 9.75. The van der Waals surface area contributed by atoms with Gasteiger partial charge in [-0.2, -0.15) is 0 Å². The number of aryl methyl sites for hydroxylation is 1. The number of hydrogen-bond acceptors (Lipinski definition) is 9. The highest BCUT2D eigenvalue weighted by atomic mass is 35.5. The van der Waals surface area contributed by atoms with E-state index in [1.165, 1.54) is 11.3 Å². The van der Waals surface area contributed by atoms with Crippen LogP contribution in [0.5, 0.6) is 0 Å². The number of anilines is 1. The molecule has 10 nitrogen and oxygen atoms in total. The number of ether oxygens (including phenoxy) is 2. The molecule has 36 heavy (non-hydrogen) atoms. The molecule has 0 aromatic carbocycles. The number of piperidine rings is 1. The predicted molar refractivity (Wildman–Crippen MR) is 138 cm³/mol. The molecular formula is C24H29ClN6O4S. The monoisotopic (exact) mass is 532 g/mol. The van der Waals surface area contributed by atoms with Crippen molar-refractivity contribution in [3.8, 4) is 11.4 Å². The summed E-state index contributed by atoms with van der Waals surface area (Å²) in [7, 11) is 0. The molecule has 0 spiro atoms. The molecule has 2 atom stereocenters. The van der Waals surface area contributed by atoms with E-state index >= 15 is 0 Å². The maximum Gasteiger partial charge on any atom is 0.350 e. The Morgan fingerprint density at radius 2 is 2.17 bits per heavy atom. The highest BCUT2D eigenvalue weighted by Crippen LogP contribution is 2.34. The average molecular weight is 533 g/mol. The molecule has 0 saturated carbocycles. The molecule has 4 heterocycles. The van der Waals surface area contributed by atoms with E-state index in [1.807, 2.05) is 13.8 Å². The molecule has 0 unspecified atom stereocenters. The van der Waals surface area contributed by atoms with Crippen LogP contribution < -0.4 is 10.2 Å². The fourth-order valence-corrected chi connectivity index (χ4v) is 5.13. The first-order chi connectivity index (χ1) is 17.4. The molecule has 2 N–H and O–H groups in total. The second-order valence-electron chi connectivity index (χ2n) is 8.37. The van der Waals surface area contributed by atoms with Gasteiger partial charge in [0.05, 0.1) is 30.0 Å². The minimum Gasteiger partial charge on any atom is -0.462 e. The molecule has 4 rings (SSSR count). The number of aromatic nitrogens is 4. The van der Waals surface area contributed by atoms with E-state index in [1.54, 1.807) is 31.6 Å². The summed E-state index contributed by atoms with van der Waals surface area (Å²) in [6.45, 7) is 7.57. The number of nitrogens with one attached hydrogen (secondary N) is 2. The first-order valence-electron chi connectivity index (χ1n) is 11.9. The standard InChI is InChI=1S/C24H29ClN6O4S/c1-4-10-35-19-13-31(9-6-16(19)29-22(32)17-11-15(25)14(3)28-17)24-30-20(18-12-26-7-8-27-18)21(36-24)23(33)34-5-2/h7-8,11-12,16,19,28H,4-6,9-10,13H2,1-3H3,(H,29,32)/t16-,19+/m1/s1. The minimum absolute atomic E-state index is 0.188. The summed E-state index contributed by atoms with van der Waals surface area (Å²) in [5, 5.41) is 4.28. The zero-order valence-corrected chi connectivity index (χ0v) is 22.0. The van der Waals surface area contributed by atoms with Crippen LogP contribution in [0, 0.1) is 6.92 Å². The van der Waals surface area contributed by atoms with Crippen LogP contribution in [-0.4, -0.2) is 70.3 Å². The maximum atomic E-state index is 12.8. The molecule has 1 amide bonds. The Morgan fingerprint density at radius 3 is 2.83 bits per heavy atom. The lowest BCUT2D eigenvalue weighted by Gasteiger charge is -2.38. The molecule has 12 heteroatoms. The van der Waals surface area contributed by atoms with Gasteiger partial charge < -0.3 is 24.7 Å². The third-order valence-electron chi connectivity index (χ3n) is 5.76. The van der Waals surface area contributed by atoms with E-state index in [9.17, 15) is 9.59 Å². The zero-order valence-electron chi connectivity index (χ0n) is 20.4. The molecule has 0 aliphatic carbocycles. The fraction of sp³-hybridized carbons (Fsp3) is 0.458. The quantitative estimate of drug-likeness (QED) is 0.398. The number of carbonyl (C=O) groups is 2. The molecule has 0 bridgehead atoms.